The van der Waals surface area contributed by atoms with E-state index in [1.807, 2.05) is 18.7 Å². The van der Waals surface area contributed by atoms with Crippen LogP contribution in [-0.2, 0) is 4.79 Å². The maximum absolute atomic E-state index is 14.0. The van der Waals surface area contributed by atoms with Gasteiger partial charge in [0.1, 0.15) is 16.5 Å². The highest BCUT2D eigenvalue weighted by Gasteiger charge is 2.25. The molecule has 1 aromatic heterocycles. The van der Waals surface area contributed by atoms with Crippen LogP contribution in [-0.4, -0.2) is 34.8 Å². The van der Waals surface area contributed by atoms with Crippen LogP contribution in [0.4, 0.5) is 14.5 Å². The van der Waals surface area contributed by atoms with Crippen molar-refractivity contribution in [2.24, 2.45) is 5.92 Å². The predicted octanol–water partition coefficient (Wildman–Crippen LogP) is 2.91. The van der Waals surface area contributed by atoms with Gasteiger partial charge in [-0.05, 0) is 25.0 Å². The van der Waals surface area contributed by atoms with Crippen molar-refractivity contribution in [2.75, 3.05) is 18.0 Å². The first-order valence-corrected chi connectivity index (χ1v) is 9.44. The summed E-state index contributed by atoms with van der Waals surface area (Å²) >= 11 is 6.27. The van der Waals surface area contributed by atoms with Crippen molar-refractivity contribution in [3.8, 4) is 5.69 Å². The summed E-state index contributed by atoms with van der Waals surface area (Å²) in [6, 6.07) is 2.79. The Hall–Kier alpha value is -2.48. The van der Waals surface area contributed by atoms with Crippen molar-refractivity contribution in [2.45, 2.75) is 32.7 Å². The molecule has 1 amide bonds. The number of carbonyl (C=O) groups is 1. The largest absolute Gasteiger partial charge is 0.367 e. The van der Waals surface area contributed by atoms with Crippen LogP contribution in [0.15, 0.2) is 29.2 Å². The lowest BCUT2D eigenvalue weighted by Gasteiger charge is -2.35. The second kappa shape index (κ2) is 8.26. The van der Waals surface area contributed by atoms with Crippen LogP contribution in [0.3, 0.4) is 0 Å². The second-order valence-corrected chi connectivity index (χ2v) is 7.48. The topological polar surface area (TPSA) is 67.2 Å². The Balaban J connectivity index is 1.86. The van der Waals surface area contributed by atoms with Crippen molar-refractivity contribution in [1.82, 2.24) is 15.1 Å². The Morgan fingerprint density at radius 3 is 2.75 bits per heavy atom. The molecule has 1 aromatic carbocycles. The van der Waals surface area contributed by atoms with Gasteiger partial charge in [0, 0.05) is 31.1 Å². The maximum Gasteiger partial charge on any atom is 0.292 e. The van der Waals surface area contributed by atoms with E-state index < -0.39 is 17.2 Å². The first kappa shape index (κ1) is 20.3. The molecular weight excluding hydrogens is 390 g/mol. The quantitative estimate of drug-likeness (QED) is 0.841. The van der Waals surface area contributed by atoms with E-state index in [1.54, 1.807) is 0 Å². The molecule has 0 bridgehead atoms. The van der Waals surface area contributed by atoms with Crippen molar-refractivity contribution < 1.29 is 13.6 Å². The first-order valence-electron chi connectivity index (χ1n) is 9.06. The highest BCUT2D eigenvalue weighted by atomic mass is 35.5. The molecule has 1 aliphatic rings. The van der Waals surface area contributed by atoms with Crippen molar-refractivity contribution in [3.63, 3.8) is 0 Å². The number of amides is 1. The summed E-state index contributed by atoms with van der Waals surface area (Å²) in [5.41, 5.74) is -0.451. The molecule has 9 heteroatoms. The Kier molecular flexibility index (Phi) is 5.98. The molecule has 1 unspecified atom stereocenters. The molecule has 3 rings (SSSR count). The van der Waals surface area contributed by atoms with Gasteiger partial charge in [-0.3, -0.25) is 9.59 Å². The fourth-order valence-corrected chi connectivity index (χ4v) is 3.40. The van der Waals surface area contributed by atoms with Gasteiger partial charge in [0.25, 0.3) is 5.56 Å². The number of carbonyl (C=O) groups excluding carboxylic acids is 1. The molecule has 1 saturated heterocycles. The molecule has 1 aliphatic heterocycles. The number of halogens is 3. The minimum Gasteiger partial charge on any atom is -0.367 e. The van der Waals surface area contributed by atoms with Gasteiger partial charge in [0.15, 0.2) is 5.82 Å². The highest BCUT2D eigenvalue weighted by molar-refractivity contribution is 6.33. The van der Waals surface area contributed by atoms with Gasteiger partial charge in [-0.1, -0.05) is 25.4 Å². The van der Waals surface area contributed by atoms with Crippen molar-refractivity contribution >= 4 is 23.2 Å². The normalized spacial score (nSPS) is 17.1. The smallest absolute Gasteiger partial charge is 0.292 e. The predicted molar refractivity (Wildman–Crippen MR) is 103 cm³/mol. The number of anilines is 1. The zero-order valence-corrected chi connectivity index (χ0v) is 16.3. The number of nitrogens with zero attached hydrogens (tertiary/aromatic N) is 3. The lowest BCUT2D eigenvalue weighted by atomic mass is 10.0. The van der Waals surface area contributed by atoms with Gasteiger partial charge in [0.2, 0.25) is 5.91 Å². The van der Waals surface area contributed by atoms with Gasteiger partial charge in [0.05, 0.1) is 11.9 Å². The third-order valence-electron chi connectivity index (χ3n) is 4.67. The molecule has 28 heavy (non-hydrogen) atoms. The van der Waals surface area contributed by atoms with E-state index in [9.17, 15) is 18.4 Å². The lowest BCUT2D eigenvalue weighted by molar-refractivity contribution is -0.124. The number of nitrogens with one attached hydrogen (secondary N) is 1. The number of benzene rings is 1. The second-order valence-electron chi connectivity index (χ2n) is 7.10. The Morgan fingerprint density at radius 2 is 2.07 bits per heavy atom. The van der Waals surface area contributed by atoms with Crippen LogP contribution in [0.25, 0.3) is 5.69 Å². The fourth-order valence-electron chi connectivity index (χ4n) is 3.15. The lowest BCUT2D eigenvalue weighted by Crippen LogP contribution is -2.49. The zero-order valence-electron chi connectivity index (χ0n) is 15.6. The summed E-state index contributed by atoms with van der Waals surface area (Å²) in [6.07, 6.45) is 3.03. The number of rotatable bonds is 4. The van der Waals surface area contributed by atoms with E-state index in [2.05, 4.69) is 10.4 Å². The van der Waals surface area contributed by atoms with Crippen LogP contribution in [0.1, 0.15) is 26.7 Å². The van der Waals surface area contributed by atoms with E-state index in [0.717, 1.165) is 29.7 Å². The Bertz CT molecular complexity index is 948. The number of hydrogen-bond acceptors (Lipinski definition) is 4. The summed E-state index contributed by atoms with van der Waals surface area (Å²) in [4.78, 5) is 26.5. The maximum atomic E-state index is 14.0. The van der Waals surface area contributed by atoms with Crippen molar-refractivity contribution in [1.29, 1.82) is 0 Å². The minimum atomic E-state index is -0.909. The van der Waals surface area contributed by atoms with Gasteiger partial charge < -0.3 is 10.2 Å². The number of piperidine rings is 1. The Labute approximate surface area is 166 Å². The van der Waals surface area contributed by atoms with E-state index in [1.165, 1.54) is 6.20 Å². The molecule has 1 fully saturated rings. The van der Waals surface area contributed by atoms with Crippen LogP contribution >= 0.6 is 11.6 Å². The first-order chi connectivity index (χ1) is 13.3. The third kappa shape index (κ3) is 4.16. The molecule has 6 nitrogen and oxygen atoms in total. The fraction of sp³-hybridized carbons (Fsp3) is 0.421. The third-order valence-corrected chi connectivity index (χ3v) is 5.03. The molecular formula is C19H21ClF2N4O2. The minimum absolute atomic E-state index is 0.0294. The van der Waals surface area contributed by atoms with E-state index >= 15 is 0 Å². The van der Waals surface area contributed by atoms with Crippen LogP contribution < -0.4 is 15.8 Å². The molecule has 2 heterocycles. The standard InChI is InChI=1S/C19H21ClF2N4O2/c1-11(2)18(27)24-13-4-3-7-25(10-13)16-9-23-26(19(28)17(16)20)15-6-5-12(21)8-14(15)22/h5-6,8-9,11,13H,3-4,7,10H2,1-2H3,(H,24,27). The molecule has 0 spiro atoms. The number of aromatic nitrogens is 2. The monoisotopic (exact) mass is 410 g/mol. The molecule has 0 radical (unpaired) electrons. The summed E-state index contributed by atoms with van der Waals surface area (Å²) in [5, 5.41) is 6.90. The molecule has 0 saturated carbocycles. The zero-order chi connectivity index (χ0) is 20.4. The van der Waals surface area contributed by atoms with Crippen molar-refractivity contribution in [3.05, 3.63) is 51.4 Å². The number of hydrogen-bond donors (Lipinski definition) is 1. The molecule has 150 valence electrons. The highest BCUT2D eigenvalue weighted by Crippen LogP contribution is 2.25. The SMILES string of the molecule is CC(C)C(=O)NC1CCCN(c2cnn(-c3ccc(F)cc3F)c(=O)c2Cl)C1. The summed E-state index contributed by atoms with van der Waals surface area (Å²) < 4.78 is 27.9. The van der Waals surface area contributed by atoms with Gasteiger partial charge >= 0.3 is 0 Å². The summed E-state index contributed by atoms with van der Waals surface area (Å²) in [6.45, 7) is 4.80. The van der Waals surface area contributed by atoms with Crippen LogP contribution in [0.2, 0.25) is 5.02 Å². The van der Waals surface area contributed by atoms with Gasteiger partial charge in [-0.15, -0.1) is 0 Å². The van der Waals surface area contributed by atoms with E-state index in [-0.39, 0.29) is 28.6 Å². The van der Waals surface area contributed by atoms with Gasteiger partial charge in [-0.25, -0.2) is 8.78 Å². The Morgan fingerprint density at radius 1 is 1.32 bits per heavy atom. The molecule has 2 aromatic rings. The average Bonchev–Trinajstić information content (AvgIpc) is 2.64. The summed E-state index contributed by atoms with van der Waals surface area (Å²) in [5.74, 6) is -1.80. The molecule has 1 N–H and O–H groups in total. The average molecular weight is 411 g/mol. The molecule has 0 aliphatic carbocycles. The van der Waals surface area contributed by atoms with Gasteiger partial charge in [-0.2, -0.15) is 9.78 Å². The summed E-state index contributed by atoms with van der Waals surface area (Å²) in [7, 11) is 0. The molecule has 1 atom stereocenters. The van der Waals surface area contributed by atoms with Crippen LogP contribution in [0, 0.1) is 17.6 Å². The van der Waals surface area contributed by atoms with E-state index in [0.29, 0.717) is 24.8 Å². The van der Waals surface area contributed by atoms with E-state index in [4.69, 9.17) is 11.6 Å². The van der Waals surface area contributed by atoms with Crippen LogP contribution in [0.5, 0.6) is 0 Å².